The van der Waals surface area contributed by atoms with Gasteiger partial charge in [0.05, 0.1) is 0 Å². The third-order valence-corrected chi connectivity index (χ3v) is 4.78. The molecule has 0 amide bonds. The van der Waals surface area contributed by atoms with E-state index in [1.54, 1.807) is 6.08 Å². The summed E-state index contributed by atoms with van der Waals surface area (Å²) in [5.74, 6) is -1.75. The fourth-order valence-corrected chi connectivity index (χ4v) is 3.50. The summed E-state index contributed by atoms with van der Waals surface area (Å²) in [6.07, 6.45) is 5.77. The molecule has 3 N–H and O–H groups in total. The molecule has 3 rings (SSSR count). The van der Waals surface area contributed by atoms with Gasteiger partial charge in [-0.3, -0.25) is 4.79 Å². The van der Waals surface area contributed by atoms with Gasteiger partial charge in [0.1, 0.15) is 0 Å². The number of aryl methyl sites for hydroxylation is 2. The molecule has 2 aromatic rings. The van der Waals surface area contributed by atoms with Crippen molar-refractivity contribution < 1.29 is 19.8 Å². The highest BCUT2D eigenvalue weighted by Gasteiger charge is 2.20. The molecule has 0 saturated heterocycles. The van der Waals surface area contributed by atoms with Crippen molar-refractivity contribution in [1.29, 1.82) is 0 Å². The second-order valence-corrected chi connectivity index (χ2v) is 7.31. The molecule has 0 unspecified atom stereocenters. The summed E-state index contributed by atoms with van der Waals surface area (Å²) in [5, 5.41) is 20.0. The number of benzene rings is 2. The molecule has 6 nitrogen and oxygen atoms in total. The average Bonchev–Trinajstić information content (AvgIpc) is 2.83. The van der Waals surface area contributed by atoms with Crippen molar-refractivity contribution in [1.82, 2.24) is 5.32 Å². The van der Waals surface area contributed by atoms with E-state index in [0.29, 0.717) is 6.54 Å². The molecule has 0 saturated carbocycles. The molecular weight excluding hydrogens is 404 g/mol. The normalized spacial score (nSPS) is 12.4. The molecule has 0 aliphatic carbocycles. The first-order chi connectivity index (χ1) is 14.4. The molecule has 2 aromatic carbocycles. The Balaban J connectivity index is 0.000000735. The van der Waals surface area contributed by atoms with Crippen molar-refractivity contribution in [2.75, 3.05) is 24.5 Å². The lowest BCUT2D eigenvalue weighted by atomic mass is 10.0. The van der Waals surface area contributed by atoms with Crippen LogP contribution in [-0.4, -0.2) is 41.8 Å². The average molecular weight is 431 g/mol. The van der Waals surface area contributed by atoms with Crippen molar-refractivity contribution in [3.05, 3.63) is 70.8 Å². The molecule has 0 bridgehead atoms. The first-order valence-corrected chi connectivity index (χ1v) is 10.2. The largest absolute Gasteiger partial charge is 0.481 e. The van der Waals surface area contributed by atoms with Crippen LogP contribution in [0.25, 0.3) is 0 Å². The minimum absolute atomic E-state index is 0.561. The molecule has 1 aliphatic rings. The quantitative estimate of drug-likeness (QED) is 0.448. The van der Waals surface area contributed by atoms with Gasteiger partial charge >= 0.3 is 5.97 Å². The van der Waals surface area contributed by atoms with Crippen LogP contribution < -0.4 is 10.2 Å². The highest BCUT2D eigenvalue weighted by molar-refractivity contribution is 6.30. The van der Waals surface area contributed by atoms with Crippen LogP contribution in [0, 0.1) is 0 Å². The van der Waals surface area contributed by atoms with Gasteiger partial charge in [-0.15, -0.1) is 0 Å². The zero-order valence-electron chi connectivity index (χ0n) is 17.0. The number of hydrogen-bond acceptors (Lipinski definition) is 4. The first kappa shape index (κ1) is 23.4. The fraction of sp³-hybridized carbons (Fsp3) is 0.304. The van der Waals surface area contributed by atoms with Gasteiger partial charge < -0.3 is 20.4 Å². The van der Waals surface area contributed by atoms with Crippen LogP contribution in [0.1, 0.15) is 24.5 Å². The van der Waals surface area contributed by atoms with Crippen molar-refractivity contribution in [2.45, 2.75) is 26.2 Å². The number of hydrogen-bond donors (Lipinski definition) is 3. The van der Waals surface area contributed by atoms with Crippen LogP contribution in [0.15, 0.2) is 54.6 Å². The topological polar surface area (TPSA) is 89.9 Å². The molecule has 0 aromatic heterocycles. The van der Waals surface area contributed by atoms with E-state index in [9.17, 15) is 4.79 Å². The minimum Gasteiger partial charge on any atom is -0.481 e. The van der Waals surface area contributed by atoms with Gasteiger partial charge in [0, 0.05) is 42.5 Å². The smallest absolute Gasteiger partial charge is 0.328 e. The second kappa shape index (κ2) is 12.0. The van der Waals surface area contributed by atoms with Gasteiger partial charge in [0.2, 0.25) is 0 Å². The van der Waals surface area contributed by atoms with Crippen molar-refractivity contribution in [3.8, 4) is 0 Å². The third-order valence-electron chi connectivity index (χ3n) is 4.54. The van der Waals surface area contributed by atoms with Crippen molar-refractivity contribution in [3.63, 3.8) is 0 Å². The van der Waals surface area contributed by atoms with Crippen molar-refractivity contribution >= 4 is 34.9 Å². The van der Waals surface area contributed by atoms with E-state index >= 15 is 0 Å². The highest BCUT2D eigenvalue weighted by Crippen LogP contribution is 2.37. The van der Waals surface area contributed by atoms with E-state index in [0.717, 1.165) is 50.4 Å². The predicted molar refractivity (Wildman–Crippen MR) is 120 cm³/mol. The number of carbonyl (C=O) groups is 2. The van der Waals surface area contributed by atoms with Gasteiger partial charge in [0.25, 0.3) is 5.97 Å². The standard InChI is InChI=1S/C21H23ClN2O2.C2H4O2/c22-18-11-10-17-9-8-16-5-1-2-6-19(16)24(20(17)15-18)14-4-13-23-12-3-7-21(25)26;1-2(3)4/h1-3,5-7,10-11,15,23H,4,8-9,12-14H2,(H,25,26);1H3,(H,3,4)/b7-3+;. The van der Waals surface area contributed by atoms with Gasteiger partial charge in [0.15, 0.2) is 0 Å². The molecule has 7 heteroatoms. The van der Waals surface area contributed by atoms with Crippen LogP contribution in [0.4, 0.5) is 11.4 Å². The Morgan fingerprint density at radius 2 is 1.77 bits per heavy atom. The van der Waals surface area contributed by atoms with Gasteiger partial charge in [-0.05, 0) is 55.1 Å². The molecule has 30 heavy (non-hydrogen) atoms. The lowest BCUT2D eigenvalue weighted by Gasteiger charge is -2.27. The lowest BCUT2D eigenvalue weighted by molar-refractivity contribution is -0.134. The van der Waals surface area contributed by atoms with Gasteiger partial charge in [-0.25, -0.2) is 4.79 Å². The number of nitrogens with one attached hydrogen (secondary N) is 1. The van der Waals surface area contributed by atoms with Gasteiger partial charge in [-0.1, -0.05) is 41.9 Å². The van der Waals surface area contributed by atoms with Crippen LogP contribution in [-0.2, 0) is 22.4 Å². The Kier molecular flexibility index (Phi) is 9.38. The number of nitrogens with zero attached hydrogens (tertiary/aromatic N) is 1. The molecule has 0 atom stereocenters. The highest BCUT2D eigenvalue weighted by atomic mass is 35.5. The molecule has 0 radical (unpaired) electrons. The molecule has 0 fully saturated rings. The summed E-state index contributed by atoms with van der Waals surface area (Å²) < 4.78 is 0. The van der Waals surface area contributed by atoms with Crippen LogP contribution in [0.5, 0.6) is 0 Å². The summed E-state index contributed by atoms with van der Waals surface area (Å²) in [6, 6.07) is 14.7. The monoisotopic (exact) mass is 430 g/mol. The number of aliphatic carboxylic acids is 2. The maximum atomic E-state index is 10.5. The third kappa shape index (κ3) is 7.54. The van der Waals surface area contributed by atoms with Crippen LogP contribution in [0.2, 0.25) is 5.02 Å². The summed E-state index contributed by atoms with van der Waals surface area (Å²) in [6.45, 7) is 3.34. The minimum atomic E-state index is -0.915. The molecule has 0 spiro atoms. The molecule has 1 heterocycles. The second-order valence-electron chi connectivity index (χ2n) is 6.87. The number of fused-ring (bicyclic) bond motifs is 2. The number of halogens is 1. The number of anilines is 2. The van der Waals surface area contributed by atoms with E-state index < -0.39 is 11.9 Å². The van der Waals surface area contributed by atoms with E-state index in [4.69, 9.17) is 26.6 Å². The Morgan fingerprint density at radius 1 is 1.10 bits per heavy atom. The summed E-state index contributed by atoms with van der Waals surface area (Å²) in [7, 11) is 0. The number of carboxylic acid groups (broad SMARTS) is 2. The summed E-state index contributed by atoms with van der Waals surface area (Å²) in [5.41, 5.74) is 5.12. The maximum absolute atomic E-state index is 10.5. The molecule has 1 aliphatic heterocycles. The Morgan fingerprint density at radius 3 is 2.47 bits per heavy atom. The zero-order chi connectivity index (χ0) is 21.9. The van der Waals surface area contributed by atoms with Gasteiger partial charge in [-0.2, -0.15) is 0 Å². The Bertz CT molecular complexity index is 895. The summed E-state index contributed by atoms with van der Waals surface area (Å²) >= 11 is 6.27. The lowest BCUT2D eigenvalue weighted by Crippen LogP contribution is -2.24. The van der Waals surface area contributed by atoms with Crippen molar-refractivity contribution in [2.24, 2.45) is 0 Å². The van der Waals surface area contributed by atoms with E-state index in [1.807, 2.05) is 6.07 Å². The summed E-state index contributed by atoms with van der Waals surface area (Å²) in [4.78, 5) is 21.8. The Hall–Kier alpha value is -2.83. The number of carboxylic acids is 2. The Labute approximate surface area is 181 Å². The van der Waals surface area contributed by atoms with E-state index in [-0.39, 0.29) is 0 Å². The zero-order valence-corrected chi connectivity index (χ0v) is 17.7. The molecule has 160 valence electrons. The first-order valence-electron chi connectivity index (χ1n) is 9.82. The van der Waals surface area contributed by atoms with E-state index in [2.05, 4.69) is 46.6 Å². The number of rotatable bonds is 7. The maximum Gasteiger partial charge on any atom is 0.328 e. The SMILES string of the molecule is CC(=O)O.O=C(O)/C=C/CNCCCN1c2ccccc2CCc2ccc(Cl)cc21. The fourth-order valence-electron chi connectivity index (χ4n) is 3.33. The molecular formula is C23H27ClN2O4. The van der Waals surface area contributed by atoms with Crippen LogP contribution in [0.3, 0.4) is 0 Å². The van der Waals surface area contributed by atoms with Crippen LogP contribution >= 0.6 is 11.6 Å². The predicted octanol–water partition coefficient (Wildman–Crippen LogP) is 4.29. The van der Waals surface area contributed by atoms with E-state index in [1.165, 1.54) is 22.5 Å². The number of para-hydroxylation sites is 1.